The van der Waals surface area contributed by atoms with E-state index in [1.165, 1.54) is 28.9 Å². The Morgan fingerprint density at radius 2 is 1.78 bits per heavy atom. The summed E-state index contributed by atoms with van der Waals surface area (Å²) in [6.07, 6.45) is 6.13. The molecule has 0 aromatic heterocycles. The van der Waals surface area contributed by atoms with Gasteiger partial charge in [-0.25, -0.2) is 0 Å². The van der Waals surface area contributed by atoms with Gasteiger partial charge < -0.3 is 4.90 Å². The zero-order valence-corrected chi connectivity index (χ0v) is 15.1. The average Bonchev–Trinajstić information content (AvgIpc) is 2.70. The van der Waals surface area contributed by atoms with E-state index in [-0.39, 0.29) is 29.1 Å². The summed E-state index contributed by atoms with van der Waals surface area (Å²) in [7, 11) is 4.21. The molecule has 1 N–H and O–H groups in total. The quantitative estimate of drug-likeness (QED) is 0.629. The molecule has 1 fully saturated rings. The number of nitrogens with one attached hydrogen (secondary N) is 1. The SMILES string of the molecule is C[NH+](C)CCCN1C(=O)[C@H]2CC3=C(CCCC3(C)C)C[C@H]2C1=O. The number of quaternary nitrogens is 1. The van der Waals surface area contributed by atoms with Crippen molar-refractivity contribution in [3.8, 4) is 0 Å². The summed E-state index contributed by atoms with van der Waals surface area (Å²) in [5.41, 5.74) is 3.19. The Labute approximate surface area is 139 Å². The van der Waals surface area contributed by atoms with Crippen molar-refractivity contribution in [2.75, 3.05) is 27.2 Å². The molecule has 23 heavy (non-hydrogen) atoms. The maximum absolute atomic E-state index is 12.8. The second kappa shape index (κ2) is 6.04. The number of likely N-dealkylation sites (tertiary alicyclic amines) is 1. The predicted molar refractivity (Wildman–Crippen MR) is 89.9 cm³/mol. The highest BCUT2D eigenvalue weighted by molar-refractivity contribution is 6.05. The number of imide groups is 1. The Morgan fingerprint density at radius 1 is 1.13 bits per heavy atom. The summed E-state index contributed by atoms with van der Waals surface area (Å²) < 4.78 is 0. The van der Waals surface area contributed by atoms with Crippen LogP contribution in [0, 0.1) is 17.3 Å². The first-order valence-electron chi connectivity index (χ1n) is 9.17. The highest BCUT2D eigenvalue weighted by Crippen LogP contribution is 2.51. The van der Waals surface area contributed by atoms with Crippen LogP contribution >= 0.6 is 0 Å². The van der Waals surface area contributed by atoms with Crippen LogP contribution in [0.3, 0.4) is 0 Å². The monoisotopic (exact) mass is 319 g/mol. The molecule has 0 bridgehead atoms. The normalized spacial score (nSPS) is 30.0. The molecule has 1 heterocycles. The van der Waals surface area contributed by atoms with Gasteiger partial charge in [-0.3, -0.25) is 14.5 Å². The Bertz CT molecular complexity index is 548. The summed E-state index contributed by atoms with van der Waals surface area (Å²) in [4.78, 5) is 28.5. The van der Waals surface area contributed by atoms with Crippen molar-refractivity contribution in [2.24, 2.45) is 17.3 Å². The van der Waals surface area contributed by atoms with Gasteiger partial charge in [0.15, 0.2) is 0 Å². The summed E-state index contributed by atoms with van der Waals surface area (Å²) in [5, 5.41) is 0. The maximum Gasteiger partial charge on any atom is 0.233 e. The first-order valence-corrected chi connectivity index (χ1v) is 9.17. The Hall–Kier alpha value is -1.16. The number of allylic oxidation sites excluding steroid dienone is 2. The lowest BCUT2D eigenvalue weighted by Gasteiger charge is -2.40. The molecule has 0 unspecified atom stereocenters. The van der Waals surface area contributed by atoms with Crippen LogP contribution in [0.2, 0.25) is 0 Å². The number of carbonyl (C=O) groups is 2. The predicted octanol–water partition coefficient (Wildman–Crippen LogP) is 1.42. The van der Waals surface area contributed by atoms with E-state index in [4.69, 9.17) is 0 Å². The third-order valence-electron chi connectivity index (χ3n) is 6.13. The van der Waals surface area contributed by atoms with Gasteiger partial charge in [-0.1, -0.05) is 25.0 Å². The number of hydrogen-bond acceptors (Lipinski definition) is 2. The van der Waals surface area contributed by atoms with E-state index in [0.717, 1.165) is 32.2 Å². The van der Waals surface area contributed by atoms with Crippen molar-refractivity contribution >= 4 is 11.8 Å². The molecule has 0 aromatic rings. The first kappa shape index (κ1) is 16.7. The van der Waals surface area contributed by atoms with E-state index < -0.39 is 0 Å². The fraction of sp³-hybridized carbons (Fsp3) is 0.789. The van der Waals surface area contributed by atoms with Crippen LogP contribution < -0.4 is 4.90 Å². The van der Waals surface area contributed by atoms with Gasteiger partial charge in [0.1, 0.15) is 0 Å². The van der Waals surface area contributed by atoms with Gasteiger partial charge in [-0.15, -0.1) is 0 Å². The number of fused-ring (bicyclic) bond motifs is 1. The summed E-state index contributed by atoms with van der Waals surface area (Å²) in [6.45, 7) is 6.21. The lowest BCUT2D eigenvalue weighted by molar-refractivity contribution is -0.858. The van der Waals surface area contributed by atoms with Gasteiger partial charge >= 0.3 is 0 Å². The summed E-state index contributed by atoms with van der Waals surface area (Å²) in [6, 6.07) is 0. The minimum atomic E-state index is -0.0784. The van der Waals surface area contributed by atoms with Crippen molar-refractivity contribution in [2.45, 2.75) is 52.4 Å². The van der Waals surface area contributed by atoms with Crippen LogP contribution in [0.5, 0.6) is 0 Å². The zero-order valence-electron chi connectivity index (χ0n) is 15.1. The van der Waals surface area contributed by atoms with Crippen LogP contribution in [0.1, 0.15) is 52.4 Å². The fourth-order valence-corrected chi connectivity index (χ4v) is 4.78. The van der Waals surface area contributed by atoms with E-state index in [9.17, 15) is 9.59 Å². The van der Waals surface area contributed by atoms with Crippen LogP contribution in [-0.2, 0) is 9.59 Å². The number of hydrogen-bond donors (Lipinski definition) is 1. The fourth-order valence-electron chi connectivity index (χ4n) is 4.78. The largest absolute Gasteiger partial charge is 0.340 e. The van der Waals surface area contributed by atoms with Gasteiger partial charge in [-0.2, -0.15) is 0 Å². The second-order valence-corrected chi connectivity index (χ2v) is 8.58. The van der Waals surface area contributed by atoms with Crippen LogP contribution in [0.25, 0.3) is 0 Å². The van der Waals surface area contributed by atoms with Crippen molar-refractivity contribution in [1.29, 1.82) is 0 Å². The summed E-state index contributed by atoms with van der Waals surface area (Å²) >= 11 is 0. The number of rotatable bonds is 4. The van der Waals surface area contributed by atoms with Crippen molar-refractivity contribution in [3.05, 3.63) is 11.1 Å². The zero-order chi connectivity index (χ0) is 16.8. The molecule has 3 aliphatic rings. The van der Waals surface area contributed by atoms with Crippen molar-refractivity contribution in [3.63, 3.8) is 0 Å². The van der Waals surface area contributed by atoms with Crippen LogP contribution in [-0.4, -0.2) is 43.9 Å². The third-order valence-corrected chi connectivity index (χ3v) is 6.13. The Morgan fingerprint density at radius 3 is 2.43 bits per heavy atom. The first-order chi connectivity index (χ1) is 10.8. The lowest BCUT2D eigenvalue weighted by Crippen LogP contribution is -3.05. The van der Waals surface area contributed by atoms with E-state index in [1.807, 2.05) is 0 Å². The van der Waals surface area contributed by atoms with Crippen LogP contribution in [0.4, 0.5) is 0 Å². The number of carbonyl (C=O) groups excluding carboxylic acids is 2. The molecule has 0 aromatic carbocycles. The molecule has 0 saturated carbocycles. The standard InChI is InChI=1S/C19H30N2O2/c1-19(2)8-5-7-13-11-14-15(12-16(13)19)18(23)21(17(14)22)10-6-9-20(3)4/h14-15H,5-12H2,1-4H3/p+1/t14-,15+/m1/s1. The van der Waals surface area contributed by atoms with Crippen molar-refractivity contribution in [1.82, 2.24) is 4.90 Å². The molecule has 2 atom stereocenters. The molecule has 4 heteroatoms. The third kappa shape index (κ3) is 2.98. The van der Waals surface area contributed by atoms with Gasteiger partial charge in [-0.05, 0) is 37.5 Å². The average molecular weight is 319 g/mol. The number of nitrogens with zero attached hydrogens (tertiary/aromatic N) is 1. The molecule has 1 saturated heterocycles. The van der Waals surface area contributed by atoms with Crippen LogP contribution in [0.15, 0.2) is 11.1 Å². The van der Waals surface area contributed by atoms with Gasteiger partial charge in [0.25, 0.3) is 0 Å². The molecule has 2 aliphatic carbocycles. The maximum atomic E-state index is 12.8. The molecule has 1 aliphatic heterocycles. The molecule has 3 rings (SSSR count). The smallest absolute Gasteiger partial charge is 0.233 e. The molecule has 0 radical (unpaired) electrons. The van der Waals surface area contributed by atoms with E-state index in [2.05, 4.69) is 27.9 Å². The van der Waals surface area contributed by atoms with E-state index in [0.29, 0.717) is 6.54 Å². The Balaban J connectivity index is 1.75. The van der Waals surface area contributed by atoms with Crippen molar-refractivity contribution < 1.29 is 14.5 Å². The minimum Gasteiger partial charge on any atom is -0.340 e. The molecule has 2 amide bonds. The summed E-state index contributed by atoms with van der Waals surface area (Å²) in [5.74, 6) is 0.0533. The lowest BCUT2D eigenvalue weighted by atomic mass is 9.63. The highest BCUT2D eigenvalue weighted by atomic mass is 16.2. The molecule has 0 spiro atoms. The molecule has 4 nitrogen and oxygen atoms in total. The topological polar surface area (TPSA) is 41.8 Å². The second-order valence-electron chi connectivity index (χ2n) is 8.58. The van der Waals surface area contributed by atoms with E-state index in [1.54, 1.807) is 4.90 Å². The minimum absolute atomic E-state index is 0.0677. The molecule has 128 valence electrons. The number of amides is 2. The molecular formula is C19H31N2O2+. The van der Waals surface area contributed by atoms with E-state index >= 15 is 0 Å². The van der Waals surface area contributed by atoms with Gasteiger partial charge in [0.05, 0.1) is 32.5 Å². The highest BCUT2D eigenvalue weighted by Gasteiger charge is 2.51. The van der Waals surface area contributed by atoms with Gasteiger partial charge in [0, 0.05) is 13.0 Å². The van der Waals surface area contributed by atoms with Gasteiger partial charge in [0.2, 0.25) is 11.8 Å². The Kier molecular flexibility index (Phi) is 4.39. The molecular weight excluding hydrogens is 288 g/mol.